The van der Waals surface area contributed by atoms with Gasteiger partial charge in [-0.1, -0.05) is 6.07 Å². The fourth-order valence-corrected chi connectivity index (χ4v) is 3.96. The molecule has 1 saturated carbocycles. The van der Waals surface area contributed by atoms with Crippen LogP contribution in [0.4, 0.5) is 5.82 Å². The zero-order valence-electron chi connectivity index (χ0n) is 18.5. The van der Waals surface area contributed by atoms with E-state index in [1.807, 2.05) is 26.0 Å². The highest BCUT2D eigenvalue weighted by molar-refractivity contribution is 6.11. The summed E-state index contributed by atoms with van der Waals surface area (Å²) < 4.78 is 5.47. The lowest BCUT2D eigenvalue weighted by molar-refractivity contribution is 0.0836. The first-order valence-electron chi connectivity index (χ1n) is 10.8. The van der Waals surface area contributed by atoms with Crippen LogP contribution in [0, 0.1) is 0 Å². The molecule has 3 rings (SSSR count). The Labute approximate surface area is 179 Å². The molecule has 1 aliphatic rings. The predicted octanol–water partition coefficient (Wildman–Crippen LogP) is 3.67. The van der Waals surface area contributed by atoms with Gasteiger partial charge in [0.25, 0.3) is 0 Å². The van der Waals surface area contributed by atoms with E-state index in [4.69, 9.17) is 10.5 Å². The second kappa shape index (κ2) is 10.5. The van der Waals surface area contributed by atoms with Crippen LogP contribution in [-0.2, 0) is 4.74 Å². The van der Waals surface area contributed by atoms with E-state index in [0.717, 1.165) is 40.7 Å². The fourth-order valence-electron chi connectivity index (χ4n) is 3.96. The summed E-state index contributed by atoms with van der Waals surface area (Å²) in [7, 11) is 4.33. The maximum absolute atomic E-state index is 5.89. The van der Waals surface area contributed by atoms with Crippen molar-refractivity contribution >= 4 is 28.5 Å². The lowest BCUT2D eigenvalue weighted by atomic mass is 9.90. The highest BCUT2D eigenvalue weighted by Crippen LogP contribution is 2.28. The standard InChI is InChI=1S/C23H34N6O/c1-5-30-16(2)25-14-18(13-24)17-6-11-22-21(12-17)23(27-15-26-22)28-19-7-9-20(10-8-19)29(3)4/h6,11-16,19-20H,5,7-10,24H2,1-4H3,(H,26,27,28)/b18-13+,25-14+. The summed E-state index contributed by atoms with van der Waals surface area (Å²) in [6.45, 7) is 4.49. The Hall–Kier alpha value is -2.51. The summed E-state index contributed by atoms with van der Waals surface area (Å²) in [6.07, 6.45) is 9.45. The van der Waals surface area contributed by atoms with Crippen LogP contribution >= 0.6 is 0 Å². The number of anilines is 1. The molecule has 0 amide bonds. The summed E-state index contributed by atoms with van der Waals surface area (Å²) in [5, 5.41) is 4.66. The number of allylic oxidation sites excluding steroid dienone is 1. The van der Waals surface area contributed by atoms with Crippen LogP contribution < -0.4 is 11.1 Å². The quantitative estimate of drug-likeness (QED) is 0.646. The van der Waals surface area contributed by atoms with Crippen molar-refractivity contribution in [1.82, 2.24) is 14.9 Å². The Bertz CT molecular complexity index is 886. The van der Waals surface area contributed by atoms with Gasteiger partial charge in [-0.15, -0.1) is 0 Å². The van der Waals surface area contributed by atoms with Crippen molar-refractivity contribution in [3.63, 3.8) is 0 Å². The fraction of sp³-hybridized carbons (Fsp3) is 0.522. The Morgan fingerprint density at radius 2 is 2.07 bits per heavy atom. The minimum atomic E-state index is -0.205. The number of nitrogens with two attached hydrogens (primary N) is 1. The van der Waals surface area contributed by atoms with Gasteiger partial charge in [0.2, 0.25) is 0 Å². The van der Waals surface area contributed by atoms with Gasteiger partial charge in [0.15, 0.2) is 0 Å². The number of hydrogen-bond acceptors (Lipinski definition) is 7. The average molecular weight is 411 g/mol. The Morgan fingerprint density at radius 3 is 2.73 bits per heavy atom. The summed E-state index contributed by atoms with van der Waals surface area (Å²) >= 11 is 0. The molecular formula is C23H34N6O. The van der Waals surface area contributed by atoms with Crippen molar-refractivity contribution in [3.8, 4) is 0 Å². The van der Waals surface area contributed by atoms with Gasteiger partial charge < -0.3 is 20.7 Å². The number of ether oxygens (including phenoxy) is 1. The van der Waals surface area contributed by atoms with Gasteiger partial charge >= 0.3 is 0 Å². The van der Waals surface area contributed by atoms with E-state index in [1.54, 1.807) is 18.7 Å². The topological polar surface area (TPSA) is 88.7 Å². The van der Waals surface area contributed by atoms with Gasteiger partial charge in [-0.2, -0.15) is 0 Å². The van der Waals surface area contributed by atoms with Crippen LogP contribution in [0.3, 0.4) is 0 Å². The third kappa shape index (κ3) is 5.55. The third-order valence-corrected chi connectivity index (χ3v) is 5.75. The van der Waals surface area contributed by atoms with Crippen molar-refractivity contribution in [2.75, 3.05) is 26.0 Å². The molecule has 0 spiro atoms. The summed E-state index contributed by atoms with van der Waals surface area (Å²) in [6, 6.07) is 7.20. The summed E-state index contributed by atoms with van der Waals surface area (Å²) in [4.78, 5) is 15.7. The lowest BCUT2D eigenvalue weighted by Gasteiger charge is -2.33. The van der Waals surface area contributed by atoms with Crippen LogP contribution in [-0.4, -0.2) is 60.1 Å². The van der Waals surface area contributed by atoms with Gasteiger partial charge in [-0.3, -0.25) is 4.99 Å². The molecular weight excluding hydrogens is 376 g/mol. The van der Waals surface area contributed by atoms with E-state index in [0.29, 0.717) is 18.7 Å². The molecule has 2 aromatic rings. The van der Waals surface area contributed by atoms with E-state index < -0.39 is 0 Å². The maximum atomic E-state index is 5.89. The number of benzene rings is 1. The van der Waals surface area contributed by atoms with Crippen molar-refractivity contribution in [2.24, 2.45) is 10.7 Å². The molecule has 1 fully saturated rings. The number of aromatic nitrogens is 2. The molecule has 0 radical (unpaired) electrons. The number of rotatable bonds is 8. The molecule has 1 atom stereocenters. The third-order valence-electron chi connectivity index (χ3n) is 5.75. The van der Waals surface area contributed by atoms with Crippen molar-refractivity contribution < 1.29 is 4.74 Å². The largest absolute Gasteiger partial charge is 0.404 e. The Morgan fingerprint density at radius 1 is 1.30 bits per heavy atom. The lowest BCUT2D eigenvalue weighted by Crippen LogP contribution is -2.36. The Balaban J connectivity index is 1.80. The minimum Gasteiger partial charge on any atom is -0.404 e. The first-order chi connectivity index (χ1) is 14.5. The van der Waals surface area contributed by atoms with Crippen LogP contribution in [0.1, 0.15) is 45.1 Å². The van der Waals surface area contributed by atoms with E-state index in [2.05, 4.69) is 45.3 Å². The molecule has 1 aliphatic carbocycles. The highest BCUT2D eigenvalue weighted by Gasteiger charge is 2.23. The van der Waals surface area contributed by atoms with E-state index in [1.165, 1.54) is 12.8 Å². The molecule has 30 heavy (non-hydrogen) atoms. The van der Waals surface area contributed by atoms with Crippen LogP contribution in [0.5, 0.6) is 0 Å². The smallest absolute Gasteiger partial charge is 0.145 e. The number of nitrogens with zero attached hydrogens (tertiary/aromatic N) is 4. The van der Waals surface area contributed by atoms with Crippen LogP contribution in [0.25, 0.3) is 16.5 Å². The first kappa shape index (κ1) is 22.2. The van der Waals surface area contributed by atoms with Crippen LogP contribution in [0.15, 0.2) is 35.7 Å². The van der Waals surface area contributed by atoms with Gasteiger partial charge in [0, 0.05) is 42.1 Å². The number of hydrogen-bond donors (Lipinski definition) is 2. The van der Waals surface area contributed by atoms with E-state index in [-0.39, 0.29) is 6.23 Å². The highest BCUT2D eigenvalue weighted by atomic mass is 16.5. The monoisotopic (exact) mass is 410 g/mol. The van der Waals surface area contributed by atoms with Gasteiger partial charge in [-0.25, -0.2) is 9.97 Å². The SMILES string of the molecule is CCOC(C)/N=C/C(=C\N)c1ccc2ncnc(NC3CCC(N(C)C)CC3)c2c1. The molecule has 7 heteroatoms. The second-order valence-electron chi connectivity index (χ2n) is 8.02. The molecule has 3 N–H and O–H groups in total. The summed E-state index contributed by atoms with van der Waals surface area (Å²) in [5.41, 5.74) is 8.62. The number of aliphatic imine (C=N–C) groups is 1. The van der Waals surface area contributed by atoms with Crippen LogP contribution in [0.2, 0.25) is 0 Å². The second-order valence-corrected chi connectivity index (χ2v) is 8.02. The average Bonchev–Trinajstić information content (AvgIpc) is 2.75. The normalized spacial score (nSPS) is 21.4. The van der Waals surface area contributed by atoms with Crippen molar-refractivity contribution in [2.45, 2.75) is 57.8 Å². The molecule has 1 aromatic heterocycles. The molecule has 1 aromatic carbocycles. The van der Waals surface area contributed by atoms with E-state index in [9.17, 15) is 0 Å². The zero-order chi connectivity index (χ0) is 21.5. The van der Waals surface area contributed by atoms with E-state index >= 15 is 0 Å². The molecule has 162 valence electrons. The minimum absolute atomic E-state index is 0.205. The molecule has 0 bridgehead atoms. The number of fused-ring (bicyclic) bond motifs is 1. The molecule has 0 aliphatic heterocycles. The van der Waals surface area contributed by atoms with Gasteiger partial charge in [0.05, 0.1) is 5.52 Å². The van der Waals surface area contributed by atoms with Gasteiger partial charge in [-0.05, 0) is 71.3 Å². The molecule has 1 heterocycles. The zero-order valence-corrected chi connectivity index (χ0v) is 18.5. The van der Waals surface area contributed by atoms with Crippen molar-refractivity contribution in [1.29, 1.82) is 0 Å². The molecule has 7 nitrogen and oxygen atoms in total. The first-order valence-corrected chi connectivity index (χ1v) is 10.8. The Kier molecular flexibility index (Phi) is 7.76. The predicted molar refractivity (Wildman–Crippen MR) is 125 cm³/mol. The van der Waals surface area contributed by atoms with Gasteiger partial charge in [0.1, 0.15) is 18.4 Å². The maximum Gasteiger partial charge on any atom is 0.145 e. The van der Waals surface area contributed by atoms with Crippen molar-refractivity contribution in [3.05, 3.63) is 36.3 Å². The molecule has 0 saturated heterocycles. The molecule has 1 unspecified atom stereocenters. The summed E-state index contributed by atoms with van der Waals surface area (Å²) in [5.74, 6) is 0.881. The number of nitrogens with one attached hydrogen (secondary N) is 1.